The van der Waals surface area contributed by atoms with Crippen molar-refractivity contribution in [3.8, 4) is 5.75 Å². The molecule has 90 valence electrons. The van der Waals surface area contributed by atoms with Crippen LogP contribution in [0.3, 0.4) is 0 Å². The largest absolute Gasteiger partial charge is 0.496 e. The fraction of sp³-hybridized carbons (Fsp3) is 0.571. The number of benzene rings is 1. The molecule has 1 rings (SSSR count). The molecule has 0 saturated carbocycles. The summed E-state index contributed by atoms with van der Waals surface area (Å²) in [4.78, 5) is 0. The van der Waals surface area contributed by atoms with E-state index in [9.17, 15) is 0 Å². The second kappa shape index (κ2) is 6.54. The van der Waals surface area contributed by atoms with Crippen LogP contribution >= 0.6 is 0 Å². The summed E-state index contributed by atoms with van der Waals surface area (Å²) >= 11 is 0. The molecule has 1 unspecified atom stereocenters. The van der Waals surface area contributed by atoms with Crippen molar-refractivity contribution >= 4 is 0 Å². The van der Waals surface area contributed by atoms with Crippen molar-refractivity contribution in [2.45, 2.75) is 33.1 Å². The molecule has 2 nitrogen and oxygen atoms in total. The minimum absolute atomic E-state index is 0.617. The van der Waals surface area contributed by atoms with Crippen molar-refractivity contribution in [1.82, 2.24) is 0 Å². The first-order valence-corrected chi connectivity index (χ1v) is 6.07. The van der Waals surface area contributed by atoms with Crippen molar-refractivity contribution in [3.63, 3.8) is 0 Å². The Hall–Kier alpha value is -1.02. The maximum atomic E-state index is 5.58. The lowest BCUT2D eigenvalue weighted by Gasteiger charge is -2.14. The molecule has 2 N–H and O–H groups in total. The van der Waals surface area contributed by atoms with Gasteiger partial charge in [0.15, 0.2) is 0 Å². The molecule has 0 aliphatic carbocycles. The number of aryl methyl sites for hydroxylation is 1. The molecular weight excluding hydrogens is 198 g/mol. The van der Waals surface area contributed by atoms with Crippen LogP contribution < -0.4 is 10.5 Å². The molecule has 0 saturated heterocycles. The van der Waals surface area contributed by atoms with E-state index < -0.39 is 0 Å². The fourth-order valence-electron chi connectivity index (χ4n) is 1.97. The highest BCUT2D eigenvalue weighted by molar-refractivity contribution is 5.37. The highest BCUT2D eigenvalue weighted by Gasteiger charge is 2.08. The Bertz CT molecular complexity index is 323. The van der Waals surface area contributed by atoms with Gasteiger partial charge in [0.1, 0.15) is 5.75 Å². The molecule has 1 atom stereocenters. The SMILES string of the molecule is CCc1ccc(OC)c(CC(C)CCN)c1. The summed E-state index contributed by atoms with van der Waals surface area (Å²) in [6, 6.07) is 6.46. The molecule has 0 radical (unpaired) electrons. The minimum Gasteiger partial charge on any atom is -0.496 e. The van der Waals surface area contributed by atoms with E-state index in [1.807, 2.05) is 0 Å². The molecule has 0 heterocycles. The van der Waals surface area contributed by atoms with E-state index in [1.165, 1.54) is 11.1 Å². The van der Waals surface area contributed by atoms with Gasteiger partial charge in [-0.3, -0.25) is 0 Å². The van der Waals surface area contributed by atoms with E-state index in [-0.39, 0.29) is 0 Å². The van der Waals surface area contributed by atoms with Crippen LogP contribution in [0.15, 0.2) is 18.2 Å². The Morgan fingerprint density at radius 2 is 2.12 bits per heavy atom. The zero-order chi connectivity index (χ0) is 12.0. The Morgan fingerprint density at radius 3 is 2.69 bits per heavy atom. The van der Waals surface area contributed by atoms with Gasteiger partial charge in [0.05, 0.1) is 7.11 Å². The fourth-order valence-corrected chi connectivity index (χ4v) is 1.97. The van der Waals surface area contributed by atoms with Gasteiger partial charge in [0.25, 0.3) is 0 Å². The molecule has 0 aliphatic rings. The Labute approximate surface area is 98.8 Å². The number of hydrogen-bond donors (Lipinski definition) is 1. The van der Waals surface area contributed by atoms with E-state index in [1.54, 1.807) is 7.11 Å². The van der Waals surface area contributed by atoms with Crippen LogP contribution in [0.25, 0.3) is 0 Å². The Kier molecular flexibility index (Phi) is 5.33. The van der Waals surface area contributed by atoms with Gasteiger partial charge in [0.2, 0.25) is 0 Å². The summed E-state index contributed by atoms with van der Waals surface area (Å²) < 4.78 is 5.39. The van der Waals surface area contributed by atoms with Crippen LogP contribution in [0, 0.1) is 5.92 Å². The highest BCUT2D eigenvalue weighted by Crippen LogP contribution is 2.24. The first kappa shape index (κ1) is 13.0. The predicted molar refractivity (Wildman–Crippen MR) is 68.9 cm³/mol. The zero-order valence-corrected chi connectivity index (χ0v) is 10.6. The number of rotatable bonds is 6. The smallest absolute Gasteiger partial charge is 0.122 e. The van der Waals surface area contributed by atoms with Crippen molar-refractivity contribution in [2.75, 3.05) is 13.7 Å². The average Bonchev–Trinajstić information content (AvgIpc) is 2.29. The van der Waals surface area contributed by atoms with Crippen LogP contribution in [0.4, 0.5) is 0 Å². The maximum absolute atomic E-state index is 5.58. The zero-order valence-electron chi connectivity index (χ0n) is 10.6. The normalized spacial score (nSPS) is 12.5. The molecule has 0 bridgehead atoms. The van der Waals surface area contributed by atoms with E-state index in [0.717, 1.165) is 31.6 Å². The third kappa shape index (κ3) is 3.53. The van der Waals surface area contributed by atoms with Gasteiger partial charge in [-0.05, 0) is 48.9 Å². The van der Waals surface area contributed by atoms with E-state index in [2.05, 4.69) is 32.0 Å². The molecule has 1 aromatic carbocycles. The predicted octanol–water partition coefficient (Wildman–Crippen LogP) is 2.79. The molecule has 0 aromatic heterocycles. The van der Waals surface area contributed by atoms with Crippen molar-refractivity contribution in [3.05, 3.63) is 29.3 Å². The number of ether oxygens (including phenoxy) is 1. The van der Waals surface area contributed by atoms with Gasteiger partial charge >= 0.3 is 0 Å². The highest BCUT2D eigenvalue weighted by atomic mass is 16.5. The second-order valence-electron chi connectivity index (χ2n) is 4.39. The molecular formula is C14H23NO. The van der Waals surface area contributed by atoms with E-state index in [4.69, 9.17) is 10.5 Å². The van der Waals surface area contributed by atoms with Gasteiger partial charge in [-0.15, -0.1) is 0 Å². The summed E-state index contributed by atoms with van der Waals surface area (Å²) in [6.07, 6.45) is 3.19. The third-order valence-corrected chi connectivity index (χ3v) is 2.98. The quantitative estimate of drug-likeness (QED) is 0.801. The van der Waals surface area contributed by atoms with Crippen LogP contribution in [0.5, 0.6) is 5.75 Å². The number of nitrogens with two attached hydrogens (primary N) is 1. The number of hydrogen-bond acceptors (Lipinski definition) is 2. The summed E-state index contributed by atoms with van der Waals surface area (Å²) in [5, 5.41) is 0. The van der Waals surface area contributed by atoms with Crippen molar-refractivity contribution in [1.29, 1.82) is 0 Å². The molecule has 0 fully saturated rings. The molecule has 1 aromatic rings. The third-order valence-electron chi connectivity index (χ3n) is 2.98. The monoisotopic (exact) mass is 221 g/mol. The van der Waals surface area contributed by atoms with Gasteiger partial charge in [-0.2, -0.15) is 0 Å². The summed E-state index contributed by atoms with van der Waals surface area (Å²) in [5.74, 6) is 1.62. The Balaban J connectivity index is 2.82. The summed E-state index contributed by atoms with van der Waals surface area (Å²) in [5.41, 5.74) is 8.26. The van der Waals surface area contributed by atoms with Gasteiger partial charge in [0, 0.05) is 0 Å². The van der Waals surface area contributed by atoms with Crippen LogP contribution in [-0.4, -0.2) is 13.7 Å². The van der Waals surface area contributed by atoms with Crippen LogP contribution in [-0.2, 0) is 12.8 Å². The standard InChI is InChI=1S/C14H23NO/c1-4-12-5-6-14(16-3)13(10-12)9-11(2)7-8-15/h5-6,10-11H,4,7-9,15H2,1-3H3. The molecule has 0 aliphatic heterocycles. The van der Waals surface area contributed by atoms with E-state index >= 15 is 0 Å². The van der Waals surface area contributed by atoms with Gasteiger partial charge in [-0.1, -0.05) is 26.0 Å². The van der Waals surface area contributed by atoms with E-state index in [0.29, 0.717) is 5.92 Å². The lowest BCUT2D eigenvalue weighted by atomic mass is 9.96. The first-order chi connectivity index (χ1) is 7.71. The summed E-state index contributed by atoms with van der Waals surface area (Å²) in [7, 11) is 1.73. The molecule has 2 heteroatoms. The molecule has 0 amide bonds. The summed E-state index contributed by atoms with van der Waals surface area (Å²) in [6.45, 7) is 5.18. The van der Waals surface area contributed by atoms with Crippen LogP contribution in [0.1, 0.15) is 31.4 Å². The minimum atomic E-state index is 0.617. The average molecular weight is 221 g/mol. The first-order valence-electron chi connectivity index (χ1n) is 6.07. The second-order valence-corrected chi connectivity index (χ2v) is 4.39. The van der Waals surface area contributed by atoms with Crippen molar-refractivity contribution < 1.29 is 4.74 Å². The topological polar surface area (TPSA) is 35.2 Å². The lowest BCUT2D eigenvalue weighted by molar-refractivity contribution is 0.404. The lowest BCUT2D eigenvalue weighted by Crippen LogP contribution is -2.09. The van der Waals surface area contributed by atoms with Crippen molar-refractivity contribution in [2.24, 2.45) is 11.7 Å². The molecule has 0 spiro atoms. The number of methoxy groups -OCH3 is 1. The Morgan fingerprint density at radius 1 is 1.38 bits per heavy atom. The maximum Gasteiger partial charge on any atom is 0.122 e. The molecule has 16 heavy (non-hydrogen) atoms. The van der Waals surface area contributed by atoms with Gasteiger partial charge in [-0.25, -0.2) is 0 Å². The van der Waals surface area contributed by atoms with Crippen LogP contribution in [0.2, 0.25) is 0 Å². The van der Waals surface area contributed by atoms with Gasteiger partial charge < -0.3 is 10.5 Å².